The Balaban J connectivity index is 1.94. The molecule has 25 heavy (non-hydrogen) atoms. The van der Waals surface area contributed by atoms with Crippen LogP contribution in [0.15, 0.2) is 38.6 Å². The van der Waals surface area contributed by atoms with Gasteiger partial charge in [0.05, 0.1) is 6.54 Å². The van der Waals surface area contributed by atoms with Gasteiger partial charge in [0.15, 0.2) is 15.9 Å². The van der Waals surface area contributed by atoms with Crippen LogP contribution in [0.5, 0.6) is 0 Å². The van der Waals surface area contributed by atoms with Crippen molar-refractivity contribution >= 4 is 38.0 Å². The Bertz CT molecular complexity index is 1260. The number of rotatable bonds is 2. The SMILES string of the molecule is Cc1cccc2[nH]c(Cn3c(=O)c4c(nc(Br)n4C)n(C)c3=O)cc12. The van der Waals surface area contributed by atoms with E-state index >= 15 is 0 Å². The third-order valence-electron chi connectivity index (χ3n) is 4.57. The highest BCUT2D eigenvalue weighted by molar-refractivity contribution is 9.10. The second kappa shape index (κ2) is 5.45. The van der Waals surface area contributed by atoms with E-state index in [0.29, 0.717) is 15.9 Å². The van der Waals surface area contributed by atoms with Gasteiger partial charge in [0.1, 0.15) is 0 Å². The van der Waals surface area contributed by atoms with Crippen molar-refractivity contribution in [1.82, 2.24) is 23.7 Å². The standard InChI is InChI=1S/C17H16BrN5O2/c1-9-5-4-6-12-11(9)7-10(19-12)8-23-15(24)13-14(22(3)17(23)25)20-16(18)21(13)2/h4-7,19H,8H2,1-3H3. The molecule has 7 nitrogen and oxygen atoms in total. The Morgan fingerprint density at radius 2 is 1.96 bits per heavy atom. The number of hydrogen-bond donors (Lipinski definition) is 1. The van der Waals surface area contributed by atoms with E-state index in [1.807, 2.05) is 31.2 Å². The Labute approximate surface area is 150 Å². The molecule has 0 bridgehead atoms. The first-order valence-electron chi connectivity index (χ1n) is 7.77. The van der Waals surface area contributed by atoms with Crippen molar-refractivity contribution in [2.45, 2.75) is 13.5 Å². The lowest BCUT2D eigenvalue weighted by Crippen LogP contribution is -2.39. The number of halogens is 1. The summed E-state index contributed by atoms with van der Waals surface area (Å²) < 4.78 is 4.78. The summed E-state index contributed by atoms with van der Waals surface area (Å²) in [6, 6.07) is 7.97. The topological polar surface area (TPSA) is 77.6 Å². The normalized spacial score (nSPS) is 11.7. The molecule has 4 aromatic rings. The lowest BCUT2D eigenvalue weighted by atomic mass is 10.1. The van der Waals surface area contributed by atoms with Crippen molar-refractivity contribution in [1.29, 1.82) is 0 Å². The van der Waals surface area contributed by atoms with Crippen LogP contribution >= 0.6 is 15.9 Å². The molecular formula is C17H16BrN5O2. The minimum Gasteiger partial charge on any atom is -0.357 e. The fourth-order valence-electron chi connectivity index (χ4n) is 3.18. The number of aromatic amines is 1. The predicted octanol–water partition coefficient (Wildman–Crippen LogP) is 2.03. The number of nitrogens with zero attached hydrogens (tertiary/aromatic N) is 4. The Morgan fingerprint density at radius 3 is 2.68 bits per heavy atom. The highest BCUT2D eigenvalue weighted by Crippen LogP contribution is 2.19. The van der Waals surface area contributed by atoms with Gasteiger partial charge in [-0.3, -0.25) is 13.9 Å². The number of nitrogens with one attached hydrogen (secondary N) is 1. The minimum absolute atomic E-state index is 0.179. The van der Waals surface area contributed by atoms with Crippen LogP contribution in [-0.2, 0) is 20.6 Å². The summed E-state index contributed by atoms with van der Waals surface area (Å²) in [5.74, 6) is 0. The van der Waals surface area contributed by atoms with Crippen LogP contribution in [0, 0.1) is 6.92 Å². The van der Waals surface area contributed by atoms with Gasteiger partial charge >= 0.3 is 5.69 Å². The molecule has 8 heteroatoms. The zero-order valence-corrected chi connectivity index (χ0v) is 15.6. The monoisotopic (exact) mass is 401 g/mol. The summed E-state index contributed by atoms with van der Waals surface area (Å²) >= 11 is 3.31. The predicted molar refractivity (Wildman–Crippen MR) is 100 cm³/mol. The molecule has 1 N–H and O–H groups in total. The van der Waals surface area contributed by atoms with Crippen LogP contribution in [0.1, 0.15) is 11.3 Å². The van der Waals surface area contributed by atoms with Crippen LogP contribution in [0.25, 0.3) is 22.1 Å². The molecule has 0 radical (unpaired) electrons. The zero-order chi connectivity index (χ0) is 17.9. The first kappa shape index (κ1) is 15.9. The van der Waals surface area contributed by atoms with Gasteiger partial charge < -0.3 is 9.55 Å². The lowest BCUT2D eigenvalue weighted by Gasteiger charge is -2.07. The average Bonchev–Trinajstić information content (AvgIpc) is 3.12. The molecule has 0 fully saturated rings. The average molecular weight is 402 g/mol. The molecule has 0 unspecified atom stereocenters. The first-order chi connectivity index (χ1) is 11.9. The van der Waals surface area contributed by atoms with E-state index in [-0.39, 0.29) is 12.1 Å². The molecule has 3 heterocycles. The van der Waals surface area contributed by atoms with E-state index < -0.39 is 5.69 Å². The number of imidazole rings is 1. The highest BCUT2D eigenvalue weighted by atomic mass is 79.9. The molecule has 128 valence electrons. The van der Waals surface area contributed by atoms with Crippen molar-refractivity contribution < 1.29 is 0 Å². The Hall–Kier alpha value is -2.61. The molecule has 0 aliphatic heterocycles. The van der Waals surface area contributed by atoms with Crippen LogP contribution in [-0.4, -0.2) is 23.7 Å². The quantitative estimate of drug-likeness (QED) is 0.522. The molecule has 1 aromatic carbocycles. The van der Waals surface area contributed by atoms with Gasteiger partial charge in [-0.2, -0.15) is 0 Å². The lowest BCUT2D eigenvalue weighted by molar-refractivity contribution is 0.648. The molecule has 0 aliphatic carbocycles. The van der Waals surface area contributed by atoms with Gasteiger partial charge in [-0.15, -0.1) is 0 Å². The van der Waals surface area contributed by atoms with E-state index in [0.717, 1.165) is 22.2 Å². The molecule has 0 saturated carbocycles. The van der Waals surface area contributed by atoms with E-state index in [9.17, 15) is 9.59 Å². The fourth-order valence-corrected chi connectivity index (χ4v) is 3.52. The van der Waals surface area contributed by atoms with Crippen molar-refractivity contribution in [2.75, 3.05) is 0 Å². The molecule has 0 amide bonds. The van der Waals surface area contributed by atoms with E-state index in [2.05, 4.69) is 25.9 Å². The summed E-state index contributed by atoms with van der Waals surface area (Å²) in [5, 5.41) is 1.09. The number of aryl methyl sites for hydroxylation is 3. The van der Waals surface area contributed by atoms with Crippen LogP contribution in [0.3, 0.4) is 0 Å². The third-order valence-corrected chi connectivity index (χ3v) is 5.28. The van der Waals surface area contributed by atoms with Crippen molar-refractivity contribution in [3.63, 3.8) is 0 Å². The third kappa shape index (κ3) is 2.28. The van der Waals surface area contributed by atoms with Crippen molar-refractivity contribution in [3.8, 4) is 0 Å². The molecule has 0 aliphatic rings. The van der Waals surface area contributed by atoms with Gasteiger partial charge in [0.2, 0.25) is 0 Å². The first-order valence-corrected chi connectivity index (χ1v) is 8.56. The van der Waals surface area contributed by atoms with Gasteiger partial charge in [-0.05, 0) is 40.5 Å². The summed E-state index contributed by atoms with van der Waals surface area (Å²) in [7, 11) is 3.36. The maximum Gasteiger partial charge on any atom is 0.332 e. The van der Waals surface area contributed by atoms with Gasteiger partial charge in [0.25, 0.3) is 5.56 Å². The molecule has 0 atom stereocenters. The summed E-state index contributed by atoms with van der Waals surface area (Å²) in [4.78, 5) is 33.1. The number of hydrogen-bond acceptors (Lipinski definition) is 3. The second-order valence-corrected chi connectivity index (χ2v) is 6.88. The van der Waals surface area contributed by atoms with E-state index in [4.69, 9.17) is 0 Å². The van der Waals surface area contributed by atoms with E-state index in [1.165, 1.54) is 9.13 Å². The Kier molecular flexibility index (Phi) is 3.47. The fraction of sp³-hybridized carbons (Fsp3) is 0.235. The van der Waals surface area contributed by atoms with Crippen molar-refractivity contribution in [2.24, 2.45) is 14.1 Å². The molecular weight excluding hydrogens is 386 g/mol. The highest BCUT2D eigenvalue weighted by Gasteiger charge is 2.18. The van der Waals surface area contributed by atoms with Gasteiger partial charge in [-0.25, -0.2) is 9.78 Å². The molecule has 0 saturated heterocycles. The number of benzene rings is 1. The Morgan fingerprint density at radius 1 is 1.20 bits per heavy atom. The number of fused-ring (bicyclic) bond motifs is 2. The van der Waals surface area contributed by atoms with Gasteiger partial charge in [-0.1, -0.05) is 12.1 Å². The van der Waals surface area contributed by atoms with Crippen LogP contribution in [0.2, 0.25) is 0 Å². The van der Waals surface area contributed by atoms with Crippen LogP contribution in [0.4, 0.5) is 0 Å². The van der Waals surface area contributed by atoms with E-state index in [1.54, 1.807) is 18.7 Å². The maximum absolute atomic E-state index is 12.9. The maximum atomic E-state index is 12.9. The van der Waals surface area contributed by atoms with Gasteiger partial charge in [0, 0.05) is 30.7 Å². The summed E-state index contributed by atoms with van der Waals surface area (Å²) in [6.45, 7) is 2.21. The smallest absolute Gasteiger partial charge is 0.332 e. The molecule has 3 aromatic heterocycles. The number of aromatic nitrogens is 5. The van der Waals surface area contributed by atoms with Crippen LogP contribution < -0.4 is 11.2 Å². The largest absolute Gasteiger partial charge is 0.357 e. The minimum atomic E-state index is -0.390. The molecule has 0 spiro atoms. The zero-order valence-electron chi connectivity index (χ0n) is 14.0. The summed E-state index contributed by atoms with van der Waals surface area (Å²) in [6.07, 6.45) is 0. The second-order valence-electron chi connectivity index (χ2n) is 6.18. The van der Waals surface area contributed by atoms with Crippen molar-refractivity contribution in [3.05, 3.63) is 61.1 Å². The number of H-pyrrole nitrogens is 1. The molecule has 4 rings (SSSR count). The summed E-state index contributed by atoms with van der Waals surface area (Å²) in [5.41, 5.74) is 2.96.